The van der Waals surface area contributed by atoms with Crippen LogP contribution in [-0.2, 0) is 6.42 Å². The number of nitrogens with zero attached hydrogens (tertiary/aromatic N) is 6. The van der Waals surface area contributed by atoms with Crippen LogP contribution in [0, 0.1) is 0 Å². The third-order valence-electron chi connectivity index (χ3n) is 6.65. The number of carbonyl (C=O) groups is 1. The van der Waals surface area contributed by atoms with Crippen LogP contribution < -0.4 is 0 Å². The number of carboxylic acid groups (broad SMARTS) is 1. The molecule has 2 saturated heterocycles. The Labute approximate surface area is 180 Å². The average Bonchev–Trinajstić information content (AvgIpc) is 3.52. The first-order chi connectivity index (χ1) is 15.1. The van der Waals surface area contributed by atoms with Gasteiger partial charge in [0, 0.05) is 30.4 Å². The molecule has 0 aliphatic carbocycles. The number of aromatic nitrogens is 4. The van der Waals surface area contributed by atoms with E-state index in [0.717, 1.165) is 68.3 Å². The second kappa shape index (κ2) is 8.30. The largest absolute Gasteiger partial charge is 0.465 e. The Balaban J connectivity index is 1.25. The van der Waals surface area contributed by atoms with Gasteiger partial charge in [0.2, 0.25) is 5.89 Å². The van der Waals surface area contributed by atoms with Crippen LogP contribution >= 0.6 is 0 Å². The standard InChI is InChI=1S/C22H28N6O3/c1-2-18-17-7-3-4-8-19(17)28(24-18)21-23-20(31-25-21)15-9-12-26(13-10-15)14-16-6-5-11-27(16)22(29)30/h3-4,7-8,15-16H,2,5-6,9-14H2,1H3,(H,29,30)/t16-/m0/s1. The number of likely N-dealkylation sites (tertiary alicyclic amines) is 2. The Hall–Kier alpha value is -2.94. The van der Waals surface area contributed by atoms with Gasteiger partial charge < -0.3 is 19.4 Å². The zero-order valence-corrected chi connectivity index (χ0v) is 17.8. The van der Waals surface area contributed by atoms with Crippen molar-refractivity contribution < 1.29 is 14.4 Å². The number of fused-ring (bicyclic) bond motifs is 1. The van der Waals surface area contributed by atoms with Gasteiger partial charge in [0.15, 0.2) is 0 Å². The topological polar surface area (TPSA) is 101 Å². The van der Waals surface area contributed by atoms with Crippen LogP contribution in [0.2, 0.25) is 0 Å². The number of amides is 1. The molecule has 2 aliphatic rings. The number of hydrogen-bond donors (Lipinski definition) is 1. The van der Waals surface area contributed by atoms with Gasteiger partial charge in [-0.15, -0.1) is 0 Å². The summed E-state index contributed by atoms with van der Waals surface area (Å²) in [4.78, 5) is 20.0. The first-order valence-electron chi connectivity index (χ1n) is 11.2. The third-order valence-corrected chi connectivity index (χ3v) is 6.65. The number of piperidine rings is 1. The molecule has 0 radical (unpaired) electrons. The second-order valence-corrected chi connectivity index (χ2v) is 8.51. The summed E-state index contributed by atoms with van der Waals surface area (Å²) in [5.74, 6) is 1.38. The second-order valence-electron chi connectivity index (χ2n) is 8.51. The van der Waals surface area contributed by atoms with Crippen LogP contribution in [0.25, 0.3) is 16.9 Å². The maximum Gasteiger partial charge on any atom is 0.407 e. The van der Waals surface area contributed by atoms with E-state index in [4.69, 9.17) is 9.62 Å². The molecule has 2 aromatic heterocycles. The highest BCUT2D eigenvalue weighted by atomic mass is 16.5. The molecule has 1 aromatic carbocycles. The van der Waals surface area contributed by atoms with Gasteiger partial charge in [-0.1, -0.05) is 25.1 Å². The van der Waals surface area contributed by atoms with Crippen LogP contribution in [-0.4, -0.2) is 73.1 Å². The molecule has 2 fully saturated rings. The highest BCUT2D eigenvalue weighted by Gasteiger charge is 2.32. The predicted molar refractivity (Wildman–Crippen MR) is 114 cm³/mol. The van der Waals surface area contributed by atoms with Gasteiger partial charge in [0.1, 0.15) is 0 Å². The van der Waals surface area contributed by atoms with Crippen molar-refractivity contribution in [2.75, 3.05) is 26.2 Å². The van der Waals surface area contributed by atoms with Crippen LogP contribution in [0.4, 0.5) is 4.79 Å². The summed E-state index contributed by atoms with van der Waals surface area (Å²) < 4.78 is 7.42. The molecule has 5 rings (SSSR count). The summed E-state index contributed by atoms with van der Waals surface area (Å²) >= 11 is 0. The molecule has 9 heteroatoms. The van der Waals surface area contributed by atoms with Gasteiger partial charge in [0.25, 0.3) is 5.95 Å². The quantitative estimate of drug-likeness (QED) is 0.671. The molecular weight excluding hydrogens is 396 g/mol. The molecule has 0 saturated carbocycles. The minimum Gasteiger partial charge on any atom is -0.465 e. The Bertz CT molecular complexity index is 1070. The van der Waals surface area contributed by atoms with Crippen molar-refractivity contribution >= 4 is 17.0 Å². The minimum absolute atomic E-state index is 0.116. The van der Waals surface area contributed by atoms with Crippen molar-refractivity contribution in [3.8, 4) is 5.95 Å². The van der Waals surface area contributed by atoms with Gasteiger partial charge in [-0.2, -0.15) is 14.8 Å². The zero-order valence-electron chi connectivity index (χ0n) is 17.8. The summed E-state index contributed by atoms with van der Waals surface area (Å²) in [6.45, 7) is 5.39. The van der Waals surface area contributed by atoms with E-state index in [1.165, 1.54) is 0 Å². The number of rotatable bonds is 5. The highest BCUT2D eigenvalue weighted by Crippen LogP contribution is 2.29. The molecule has 0 spiro atoms. The van der Waals surface area contributed by atoms with Crippen molar-refractivity contribution in [1.82, 2.24) is 29.7 Å². The van der Waals surface area contributed by atoms with Crippen LogP contribution in [0.1, 0.15) is 50.1 Å². The van der Waals surface area contributed by atoms with E-state index in [1.54, 1.807) is 9.58 Å². The van der Waals surface area contributed by atoms with Gasteiger partial charge in [0.05, 0.1) is 11.2 Å². The fraction of sp³-hybridized carbons (Fsp3) is 0.545. The van der Waals surface area contributed by atoms with Crippen molar-refractivity contribution in [2.24, 2.45) is 0 Å². The molecule has 0 unspecified atom stereocenters. The van der Waals surface area contributed by atoms with Crippen molar-refractivity contribution in [2.45, 2.75) is 51.0 Å². The highest BCUT2D eigenvalue weighted by molar-refractivity contribution is 5.83. The third kappa shape index (κ3) is 3.78. The molecule has 164 valence electrons. The Morgan fingerprint density at radius 2 is 2.00 bits per heavy atom. The molecule has 2 aliphatic heterocycles. The minimum atomic E-state index is -0.798. The molecule has 4 heterocycles. The summed E-state index contributed by atoms with van der Waals surface area (Å²) in [7, 11) is 0. The zero-order chi connectivity index (χ0) is 21.4. The lowest BCUT2D eigenvalue weighted by Crippen LogP contribution is -2.45. The molecule has 1 amide bonds. The average molecular weight is 425 g/mol. The molecule has 31 heavy (non-hydrogen) atoms. The Morgan fingerprint density at radius 3 is 2.77 bits per heavy atom. The van der Waals surface area contributed by atoms with E-state index >= 15 is 0 Å². The van der Waals surface area contributed by atoms with Crippen LogP contribution in [0.3, 0.4) is 0 Å². The fourth-order valence-corrected chi connectivity index (χ4v) is 4.96. The maximum absolute atomic E-state index is 11.4. The Morgan fingerprint density at radius 1 is 1.19 bits per heavy atom. The van der Waals surface area contributed by atoms with E-state index in [9.17, 15) is 9.90 Å². The predicted octanol–water partition coefficient (Wildman–Crippen LogP) is 3.29. The number of para-hydroxylation sites is 1. The fourth-order valence-electron chi connectivity index (χ4n) is 4.96. The van der Waals surface area contributed by atoms with Crippen molar-refractivity contribution in [3.63, 3.8) is 0 Å². The van der Waals surface area contributed by atoms with E-state index in [-0.39, 0.29) is 12.0 Å². The first-order valence-corrected chi connectivity index (χ1v) is 11.2. The molecular formula is C22H28N6O3. The SMILES string of the molecule is CCc1nn(-c2noc(C3CCN(C[C@@H]4CCCN4C(=O)O)CC3)n2)c2ccccc12. The lowest BCUT2D eigenvalue weighted by atomic mass is 9.96. The maximum atomic E-state index is 11.4. The Kier molecular flexibility index (Phi) is 5.35. The number of hydrogen-bond acceptors (Lipinski definition) is 6. The van der Waals surface area contributed by atoms with Crippen LogP contribution in [0.15, 0.2) is 28.8 Å². The van der Waals surface area contributed by atoms with Gasteiger partial charge in [-0.05, 0) is 56.4 Å². The molecule has 1 atom stereocenters. The smallest absolute Gasteiger partial charge is 0.407 e. The summed E-state index contributed by atoms with van der Waals surface area (Å²) in [6, 6.07) is 8.23. The lowest BCUT2D eigenvalue weighted by Gasteiger charge is -2.34. The summed E-state index contributed by atoms with van der Waals surface area (Å²) in [5.41, 5.74) is 2.01. The van der Waals surface area contributed by atoms with Crippen molar-refractivity contribution in [1.29, 1.82) is 0 Å². The normalized spacial score (nSPS) is 20.7. The van der Waals surface area contributed by atoms with Gasteiger partial charge in [-0.25, -0.2) is 4.79 Å². The van der Waals surface area contributed by atoms with E-state index in [0.29, 0.717) is 18.4 Å². The van der Waals surface area contributed by atoms with E-state index in [1.807, 2.05) is 18.2 Å². The van der Waals surface area contributed by atoms with Gasteiger partial charge >= 0.3 is 6.09 Å². The summed E-state index contributed by atoms with van der Waals surface area (Å²) in [6.07, 6.45) is 3.82. The molecule has 9 nitrogen and oxygen atoms in total. The lowest BCUT2D eigenvalue weighted by molar-refractivity contribution is 0.115. The van der Waals surface area contributed by atoms with E-state index in [2.05, 4.69) is 28.0 Å². The molecule has 1 N–H and O–H groups in total. The van der Waals surface area contributed by atoms with Crippen molar-refractivity contribution in [3.05, 3.63) is 35.9 Å². The van der Waals surface area contributed by atoms with Gasteiger partial charge in [-0.3, -0.25) is 0 Å². The molecule has 3 aromatic rings. The van der Waals surface area contributed by atoms with E-state index < -0.39 is 6.09 Å². The number of benzene rings is 1. The summed E-state index contributed by atoms with van der Waals surface area (Å²) in [5, 5.41) is 19.4. The molecule has 0 bridgehead atoms. The monoisotopic (exact) mass is 424 g/mol. The first kappa shape index (κ1) is 20.0. The van der Waals surface area contributed by atoms with Crippen LogP contribution in [0.5, 0.6) is 0 Å². The number of aryl methyl sites for hydroxylation is 1.